The van der Waals surface area contributed by atoms with Crippen molar-refractivity contribution in [2.45, 2.75) is 71.4 Å². The molecule has 1 aliphatic rings. The second-order valence-electron chi connectivity index (χ2n) is 9.59. The Kier molecular flexibility index (Phi) is 7.16. The summed E-state index contributed by atoms with van der Waals surface area (Å²) in [6.45, 7) is 3.55. The minimum absolute atomic E-state index is 0.101. The molecule has 1 saturated carbocycles. The monoisotopic (exact) mass is 471 g/mol. The lowest BCUT2D eigenvalue weighted by Gasteiger charge is -2.21. The lowest BCUT2D eigenvalue weighted by atomic mass is 9.89. The summed E-state index contributed by atoms with van der Waals surface area (Å²) in [6, 6.07) is 10.1. The summed E-state index contributed by atoms with van der Waals surface area (Å²) in [5, 5.41) is 14.2. The number of imidazole rings is 1. The van der Waals surface area contributed by atoms with E-state index < -0.39 is 0 Å². The van der Waals surface area contributed by atoms with Crippen LogP contribution >= 0.6 is 0 Å². The predicted molar refractivity (Wildman–Crippen MR) is 136 cm³/mol. The first kappa shape index (κ1) is 23.2. The molecule has 1 fully saturated rings. The normalized spacial score (nSPS) is 14.4. The number of aromatic nitrogens is 7. The van der Waals surface area contributed by atoms with E-state index in [0.29, 0.717) is 18.3 Å². The fraction of sp³-hybridized carbons (Fsp3) is 0.444. The van der Waals surface area contributed by atoms with Gasteiger partial charge in [0.2, 0.25) is 5.82 Å². The molecular weight excluding hydrogens is 438 g/mol. The number of pyridine rings is 1. The predicted octanol–water partition coefficient (Wildman–Crippen LogP) is 4.86. The Morgan fingerprint density at radius 2 is 1.86 bits per heavy atom. The van der Waals surface area contributed by atoms with Gasteiger partial charge in [0, 0.05) is 36.4 Å². The molecular formula is C27H33N7O. The SMILES string of the molecule is CCCCc1cn(CC2CCCCC2)c(=O)n1Cc1cnccc1-c1ccc(-c2nn[nH]n2)cc1. The molecule has 3 aromatic heterocycles. The van der Waals surface area contributed by atoms with Crippen LogP contribution in [0.4, 0.5) is 0 Å². The molecule has 0 unspecified atom stereocenters. The molecule has 35 heavy (non-hydrogen) atoms. The minimum Gasteiger partial charge on any atom is -0.299 e. The van der Waals surface area contributed by atoms with Crippen LogP contribution in [0.5, 0.6) is 0 Å². The van der Waals surface area contributed by atoms with Crippen molar-refractivity contribution < 1.29 is 0 Å². The molecule has 0 amide bonds. The van der Waals surface area contributed by atoms with Crippen molar-refractivity contribution in [3.8, 4) is 22.5 Å². The van der Waals surface area contributed by atoms with Gasteiger partial charge in [-0.1, -0.05) is 56.9 Å². The number of nitrogens with one attached hydrogen (secondary N) is 1. The molecule has 3 heterocycles. The molecule has 0 atom stereocenters. The van der Waals surface area contributed by atoms with Gasteiger partial charge >= 0.3 is 5.69 Å². The van der Waals surface area contributed by atoms with E-state index in [1.54, 1.807) is 6.20 Å². The average molecular weight is 472 g/mol. The second-order valence-corrected chi connectivity index (χ2v) is 9.59. The largest absolute Gasteiger partial charge is 0.328 e. The van der Waals surface area contributed by atoms with Gasteiger partial charge in [-0.3, -0.25) is 14.1 Å². The molecule has 1 aromatic carbocycles. The van der Waals surface area contributed by atoms with Crippen LogP contribution < -0.4 is 5.69 Å². The minimum atomic E-state index is 0.101. The standard InChI is InChI=1S/C27H33N7O/c1-2-3-9-24-19-33(17-20-7-5-4-6-8-20)27(35)34(24)18-23-16-28-15-14-25(23)21-10-12-22(13-11-21)26-29-31-32-30-26/h10-16,19-20H,2-9,17-18H2,1H3,(H,29,30,31,32). The molecule has 0 spiro atoms. The highest BCUT2D eigenvalue weighted by Gasteiger charge is 2.19. The van der Waals surface area contributed by atoms with Gasteiger partial charge in [-0.2, -0.15) is 5.21 Å². The van der Waals surface area contributed by atoms with E-state index in [0.717, 1.165) is 53.8 Å². The molecule has 0 bridgehead atoms. The number of aryl methyl sites for hydroxylation is 1. The highest BCUT2D eigenvalue weighted by atomic mass is 16.1. The first-order valence-corrected chi connectivity index (χ1v) is 12.8. The van der Waals surface area contributed by atoms with Gasteiger partial charge < -0.3 is 0 Å². The Hall–Kier alpha value is -3.55. The molecule has 1 N–H and O–H groups in total. The molecule has 1 aliphatic carbocycles. The van der Waals surface area contributed by atoms with Crippen LogP contribution in [0.3, 0.4) is 0 Å². The Morgan fingerprint density at radius 3 is 2.60 bits per heavy atom. The number of unbranched alkanes of at least 4 members (excludes halogenated alkanes) is 1. The second kappa shape index (κ2) is 10.8. The highest BCUT2D eigenvalue weighted by molar-refractivity contribution is 5.69. The zero-order valence-electron chi connectivity index (χ0n) is 20.4. The average Bonchev–Trinajstić information content (AvgIpc) is 3.54. The fourth-order valence-corrected chi connectivity index (χ4v) is 5.18. The first-order valence-electron chi connectivity index (χ1n) is 12.8. The van der Waals surface area contributed by atoms with Gasteiger partial charge in [-0.05, 0) is 59.6 Å². The quantitative estimate of drug-likeness (QED) is 0.376. The number of rotatable bonds is 9. The van der Waals surface area contributed by atoms with Crippen LogP contribution in [0, 0.1) is 5.92 Å². The molecule has 0 aliphatic heterocycles. The number of tetrazole rings is 1. The van der Waals surface area contributed by atoms with Gasteiger partial charge in [-0.25, -0.2) is 4.79 Å². The summed E-state index contributed by atoms with van der Waals surface area (Å²) in [5.41, 5.74) is 5.30. The number of nitrogens with zero attached hydrogens (tertiary/aromatic N) is 6. The van der Waals surface area contributed by atoms with E-state index in [9.17, 15) is 4.79 Å². The maximum absolute atomic E-state index is 13.5. The van der Waals surface area contributed by atoms with Gasteiger partial charge in [0.1, 0.15) is 0 Å². The van der Waals surface area contributed by atoms with Crippen molar-refractivity contribution >= 4 is 0 Å². The topological polar surface area (TPSA) is 94.3 Å². The summed E-state index contributed by atoms with van der Waals surface area (Å²) in [6.07, 6.45) is 15.3. The Labute approximate surface area is 205 Å². The van der Waals surface area contributed by atoms with Crippen LogP contribution in [0.2, 0.25) is 0 Å². The molecule has 0 radical (unpaired) electrons. The van der Waals surface area contributed by atoms with E-state index in [4.69, 9.17) is 0 Å². The van der Waals surface area contributed by atoms with Crippen LogP contribution in [0.25, 0.3) is 22.5 Å². The van der Waals surface area contributed by atoms with Gasteiger partial charge in [0.25, 0.3) is 0 Å². The van der Waals surface area contributed by atoms with Crippen LogP contribution in [-0.2, 0) is 19.5 Å². The van der Waals surface area contributed by atoms with Crippen molar-refractivity contribution in [1.82, 2.24) is 34.7 Å². The molecule has 0 saturated heterocycles. The summed E-state index contributed by atoms with van der Waals surface area (Å²) in [5.74, 6) is 1.18. The first-order chi connectivity index (χ1) is 17.2. The maximum atomic E-state index is 13.5. The zero-order chi connectivity index (χ0) is 24.0. The third-order valence-corrected chi connectivity index (χ3v) is 7.13. The number of benzene rings is 1. The van der Waals surface area contributed by atoms with E-state index in [1.807, 2.05) is 33.5 Å². The molecule has 8 heteroatoms. The summed E-state index contributed by atoms with van der Waals surface area (Å²) >= 11 is 0. The zero-order valence-corrected chi connectivity index (χ0v) is 20.4. The van der Waals surface area contributed by atoms with Crippen molar-refractivity contribution in [3.05, 3.63) is 70.7 Å². The fourth-order valence-electron chi connectivity index (χ4n) is 5.18. The van der Waals surface area contributed by atoms with E-state index >= 15 is 0 Å². The molecule has 8 nitrogen and oxygen atoms in total. The van der Waals surface area contributed by atoms with Crippen LogP contribution in [0.1, 0.15) is 63.1 Å². The lowest BCUT2D eigenvalue weighted by Crippen LogP contribution is -2.28. The van der Waals surface area contributed by atoms with Crippen molar-refractivity contribution in [3.63, 3.8) is 0 Å². The van der Waals surface area contributed by atoms with Gasteiger partial charge in [-0.15, -0.1) is 10.2 Å². The van der Waals surface area contributed by atoms with Gasteiger partial charge in [0.15, 0.2) is 0 Å². The smallest absolute Gasteiger partial charge is 0.299 e. The van der Waals surface area contributed by atoms with Crippen LogP contribution in [-0.4, -0.2) is 34.7 Å². The van der Waals surface area contributed by atoms with Gasteiger partial charge in [0.05, 0.1) is 6.54 Å². The Morgan fingerprint density at radius 1 is 1.06 bits per heavy atom. The maximum Gasteiger partial charge on any atom is 0.328 e. The number of aromatic amines is 1. The molecule has 5 rings (SSSR count). The molecule has 182 valence electrons. The summed E-state index contributed by atoms with van der Waals surface area (Å²) in [7, 11) is 0. The summed E-state index contributed by atoms with van der Waals surface area (Å²) < 4.78 is 3.93. The number of H-pyrrole nitrogens is 1. The lowest BCUT2D eigenvalue weighted by molar-refractivity contribution is 0.315. The molecule has 4 aromatic rings. The number of hydrogen-bond acceptors (Lipinski definition) is 5. The third-order valence-electron chi connectivity index (χ3n) is 7.13. The summed E-state index contributed by atoms with van der Waals surface area (Å²) in [4.78, 5) is 17.9. The van der Waals surface area contributed by atoms with Crippen LogP contribution in [0.15, 0.2) is 53.7 Å². The van der Waals surface area contributed by atoms with E-state index in [-0.39, 0.29) is 5.69 Å². The number of hydrogen-bond donors (Lipinski definition) is 1. The van der Waals surface area contributed by atoms with E-state index in [1.165, 1.54) is 32.1 Å². The Bertz CT molecular complexity index is 1280. The van der Waals surface area contributed by atoms with Crippen molar-refractivity contribution in [2.75, 3.05) is 0 Å². The third kappa shape index (κ3) is 5.26. The van der Waals surface area contributed by atoms with Crippen molar-refractivity contribution in [1.29, 1.82) is 0 Å². The Balaban J connectivity index is 1.44. The van der Waals surface area contributed by atoms with Crippen molar-refractivity contribution in [2.24, 2.45) is 5.92 Å². The highest BCUT2D eigenvalue weighted by Crippen LogP contribution is 2.27. The van der Waals surface area contributed by atoms with E-state index in [2.05, 4.69) is 50.9 Å².